The Kier molecular flexibility index (Phi) is 4.69. The topological polar surface area (TPSA) is 56.2 Å². The van der Waals surface area contributed by atoms with Crippen molar-refractivity contribution in [2.45, 2.75) is 52.0 Å². The minimum Gasteiger partial charge on any atom is -0.320 e. The van der Waals surface area contributed by atoms with E-state index in [0.717, 1.165) is 52.6 Å². The van der Waals surface area contributed by atoms with Gasteiger partial charge in [-0.05, 0) is 50.8 Å². The van der Waals surface area contributed by atoms with E-state index in [1.165, 1.54) is 12.8 Å². The number of hydrogen-bond acceptors (Lipinski definition) is 3. The van der Waals surface area contributed by atoms with Gasteiger partial charge in [-0.15, -0.1) is 0 Å². The smallest absolute Gasteiger partial charge is 0.163 e. The summed E-state index contributed by atoms with van der Waals surface area (Å²) in [6.45, 7) is 6.14. The van der Waals surface area contributed by atoms with Gasteiger partial charge in [0, 0.05) is 16.3 Å². The Morgan fingerprint density at radius 3 is 2.59 bits per heavy atom. The van der Waals surface area contributed by atoms with Crippen LogP contribution in [0.25, 0.3) is 16.8 Å². The van der Waals surface area contributed by atoms with Crippen molar-refractivity contribution in [3.8, 4) is 11.1 Å². The Morgan fingerprint density at radius 2 is 1.96 bits per heavy atom. The third kappa shape index (κ3) is 3.35. The van der Waals surface area contributed by atoms with Crippen molar-refractivity contribution in [2.75, 3.05) is 0 Å². The van der Waals surface area contributed by atoms with E-state index in [2.05, 4.69) is 13.0 Å². The quantitative estimate of drug-likeness (QED) is 0.596. The molecule has 6 heteroatoms. The monoisotopic (exact) mass is 402 g/mol. The van der Waals surface area contributed by atoms with Gasteiger partial charge in [0.15, 0.2) is 5.65 Å². The van der Waals surface area contributed by atoms with Gasteiger partial charge in [0.1, 0.15) is 0 Å². The van der Waals surface area contributed by atoms with E-state index in [4.69, 9.17) is 39.0 Å². The summed E-state index contributed by atoms with van der Waals surface area (Å²) in [7, 11) is 0. The van der Waals surface area contributed by atoms with Gasteiger partial charge in [-0.2, -0.15) is 5.10 Å². The minimum atomic E-state index is -0.410. The summed E-state index contributed by atoms with van der Waals surface area (Å²) >= 11 is 12.6. The third-order valence-corrected chi connectivity index (χ3v) is 6.13. The molecule has 1 aliphatic carbocycles. The highest BCUT2D eigenvalue weighted by molar-refractivity contribution is 6.36. The van der Waals surface area contributed by atoms with Gasteiger partial charge in [0.2, 0.25) is 0 Å². The first kappa shape index (κ1) is 18.7. The molecule has 2 aromatic heterocycles. The van der Waals surface area contributed by atoms with E-state index >= 15 is 0 Å². The van der Waals surface area contributed by atoms with Crippen LogP contribution in [0, 0.1) is 19.8 Å². The lowest BCUT2D eigenvalue weighted by atomic mass is 9.86. The molecule has 1 saturated carbocycles. The van der Waals surface area contributed by atoms with E-state index in [9.17, 15) is 0 Å². The third-order valence-electron chi connectivity index (χ3n) is 5.58. The van der Waals surface area contributed by atoms with Crippen molar-refractivity contribution in [2.24, 2.45) is 11.7 Å². The molecule has 0 saturated heterocycles. The van der Waals surface area contributed by atoms with Crippen molar-refractivity contribution in [1.29, 1.82) is 0 Å². The number of nitrogens with zero attached hydrogens (tertiary/aromatic N) is 3. The van der Waals surface area contributed by atoms with E-state index in [0.29, 0.717) is 10.0 Å². The molecule has 0 bridgehead atoms. The second-order valence-electron chi connectivity index (χ2n) is 7.76. The number of fused-ring (bicyclic) bond motifs is 1. The zero-order valence-corrected chi connectivity index (χ0v) is 17.4. The molecule has 1 fully saturated rings. The van der Waals surface area contributed by atoms with Gasteiger partial charge in [0.25, 0.3) is 0 Å². The summed E-state index contributed by atoms with van der Waals surface area (Å²) in [5, 5.41) is 6.02. The summed E-state index contributed by atoms with van der Waals surface area (Å²) in [5.41, 5.74) is 12.0. The highest BCUT2D eigenvalue weighted by Crippen LogP contribution is 2.42. The van der Waals surface area contributed by atoms with Crippen molar-refractivity contribution >= 4 is 28.8 Å². The lowest BCUT2D eigenvalue weighted by Crippen LogP contribution is -2.39. The predicted molar refractivity (Wildman–Crippen MR) is 111 cm³/mol. The molecule has 2 N–H and O–H groups in total. The average Bonchev–Trinajstić information content (AvgIpc) is 3.36. The maximum atomic E-state index is 6.91. The fraction of sp³-hybridized carbons (Fsp3) is 0.429. The van der Waals surface area contributed by atoms with Gasteiger partial charge in [-0.3, -0.25) is 0 Å². The largest absolute Gasteiger partial charge is 0.320 e. The first-order chi connectivity index (χ1) is 12.8. The molecule has 3 aromatic rings. The van der Waals surface area contributed by atoms with E-state index < -0.39 is 5.54 Å². The molecule has 1 atom stereocenters. The molecule has 2 heterocycles. The number of nitrogens with two attached hydrogens (primary N) is 1. The maximum Gasteiger partial charge on any atom is 0.163 e. The molecule has 1 aliphatic rings. The average molecular weight is 403 g/mol. The van der Waals surface area contributed by atoms with Crippen LogP contribution in [0.4, 0.5) is 0 Å². The van der Waals surface area contributed by atoms with Gasteiger partial charge in [0.05, 0.1) is 27.5 Å². The Labute approximate surface area is 169 Å². The number of rotatable bonds is 5. The van der Waals surface area contributed by atoms with Crippen LogP contribution in [-0.4, -0.2) is 14.6 Å². The molecule has 1 unspecified atom stereocenters. The summed E-state index contributed by atoms with van der Waals surface area (Å²) in [5.74, 6) is 0.723. The van der Waals surface area contributed by atoms with Gasteiger partial charge in [-0.1, -0.05) is 49.0 Å². The van der Waals surface area contributed by atoms with Crippen LogP contribution in [0.15, 0.2) is 24.3 Å². The van der Waals surface area contributed by atoms with Crippen LogP contribution < -0.4 is 5.73 Å². The highest BCUT2D eigenvalue weighted by atomic mass is 35.5. The number of aromatic nitrogens is 3. The predicted octanol–water partition coefficient (Wildman–Crippen LogP) is 5.68. The van der Waals surface area contributed by atoms with Crippen LogP contribution in [0.1, 0.15) is 49.7 Å². The second-order valence-corrected chi connectivity index (χ2v) is 8.60. The Bertz CT molecular complexity index is 1020. The van der Waals surface area contributed by atoms with Crippen LogP contribution in [0.3, 0.4) is 0 Å². The fourth-order valence-corrected chi connectivity index (χ4v) is 4.38. The minimum absolute atomic E-state index is 0.410. The van der Waals surface area contributed by atoms with E-state index in [1.807, 2.05) is 30.5 Å². The SMILES string of the molecule is CCC(N)(CC1CC1)c1cc(C)nc2c(-c3ccc(Cl)cc3Cl)c(C)nn12. The van der Waals surface area contributed by atoms with Crippen molar-refractivity contribution in [3.63, 3.8) is 0 Å². The molecule has 27 heavy (non-hydrogen) atoms. The van der Waals surface area contributed by atoms with Crippen molar-refractivity contribution < 1.29 is 0 Å². The summed E-state index contributed by atoms with van der Waals surface area (Å²) in [6, 6.07) is 7.61. The van der Waals surface area contributed by atoms with Crippen LogP contribution in [0.5, 0.6) is 0 Å². The summed E-state index contributed by atoms with van der Waals surface area (Å²) < 4.78 is 1.93. The lowest BCUT2D eigenvalue weighted by molar-refractivity contribution is 0.353. The number of hydrogen-bond donors (Lipinski definition) is 1. The first-order valence-electron chi connectivity index (χ1n) is 9.44. The molecule has 0 amide bonds. The van der Waals surface area contributed by atoms with Crippen molar-refractivity contribution in [3.05, 3.63) is 51.4 Å². The normalized spacial score (nSPS) is 16.7. The molecular weight excluding hydrogens is 379 g/mol. The van der Waals surface area contributed by atoms with E-state index in [-0.39, 0.29) is 0 Å². The Balaban J connectivity index is 1.96. The zero-order chi connectivity index (χ0) is 19.3. The van der Waals surface area contributed by atoms with Gasteiger partial charge in [-0.25, -0.2) is 9.50 Å². The zero-order valence-electron chi connectivity index (χ0n) is 15.9. The molecule has 4 rings (SSSR count). The number of halogens is 2. The molecule has 0 aliphatic heterocycles. The molecule has 0 spiro atoms. The molecule has 0 radical (unpaired) electrons. The molecular formula is C21H24Cl2N4. The van der Waals surface area contributed by atoms with Gasteiger partial charge >= 0.3 is 0 Å². The summed E-state index contributed by atoms with van der Waals surface area (Å²) in [4.78, 5) is 4.79. The maximum absolute atomic E-state index is 6.91. The number of aryl methyl sites for hydroxylation is 2. The lowest BCUT2D eigenvalue weighted by Gasteiger charge is -2.29. The highest BCUT2D eigenvalue weighted by Gasteiger charge is 2.36. The van der Waals surface area contributed by atoms with Gasteiger partial charge < -0.3 is 5.73 Å². The van der Waals surface area contributed by atoms with Crippen LogP contribution in [-0.2, 0) is 5.54 Å². The first-order valence-corrected chi connectivity index (χ1v) is 10.2. The number of benzene rings is 1. The van der Waals surface area contributed by atoms with E-state index in [1.54, 1.807) is 6.07 Å². The van der Waals surface area contributed by atoms with Crippen molar-refractivity contribution in [1.82, 2.24) is 14.6 Å². The molecule has 1 aromatic carbocycles. The second kappa shape index (κ2) is 6.77. The van der Waals surface area contributed by atoms with Crippen LogP contribution >= 0.6 is 23.2 Å². The summed E-state index contributed by atoms with van der Waals surface area (Å²) in [6.07, 6.45) is 4.39. The Morgan fingerprint density at radius 1 is 1.22 bits per heavy atom. The van der Waals surface area contributed by atoms with Crippen LogP contribution in [0.2, 0.25) is 10.0 Å². The molecule has 142 valence electrons. The molecule has 4 nitrogen and oxygen atoms in total. The standard InChI is InChI=1S/C21H24Cl2N4/c1-4-21(24,11-14-5-6-14)18-9-12(2)25-20-19(13(3)26-27(18)20)16-8-7-15(22)10-17(16)23/h7-10,14H,4-6,11,24H2,1-3H3. The Hall–Kier alpha value is -1.62. The fourth-order valence-electron chi connectivity index (χ4n) is 3.87.